The number of alkyl halides is 1. The highest BCUT2D eigenvalue weighted by atomic mass is 19.1. The van der Waals surface area contributed by atoms with Crippen LogP contribution in [0.25, 0.3) is 22.2 Å². The number of amides is 2. The van der Waals surface area contributed by atoms with Gasteiger partial charge in [0.25, 0.3) is 11.8 Å². The van der Waals surface area contributed by atoms with Crippen molar-refractivity contribution in [3.8, 4) is 11.3 Å². The van der Waals surface area contributed by atoms with Crippen LogP contribution in [0.15, 0.2) is 60.9 Å². The molecule has 182 valence electrons. The number of rotatable bonds is 5. The van der Waals surface area contributed by atoms with Crippen LogP contribution in [0.2, 0.25) is 0 Å². The molecule has 3 aromatic heterocycles. The molecular weight excluding hydrogens is 461 g/mol. The molecule has 2 amide bonds. The topological polar surface area (TPSA) is 106 Å². The lowest BCUT2D eigenvalue weighted by molar-refractivity contribution is -0.00467. The van der Waals surface area contributed by atoms with Crippen molar-refractivity contribution in [3.05, 3.63) is 89.0 Å². The molecule has 4 heterocycles. The number of halogens is 1. The van der Waals surface area contributed by atoms with Crippen molar-refractivity contribution in [1.82, 2.24) is 25.6 Å². The standard InChI is InChI=1S/C27H24FN5O3/c1-27(28)15-36-14-19-4-3-16(9-21(19)27)25(34)32-13-20-10-24-18(11-30-20)5-7-22(33-24)17-6-8-23(31-12-17)26(35)29-2/h3-12H,13-15H2,1-2H3,(H,29,35)(H,32,34)/t27-/m1/s1. The highest BCUT2D eigenvalue weighted by Crippen LogP contribution is 2.34. The third-order valence-electron chi connectivity index (χ3n) is 6.14. The summed E-state index contributed by atoms with van der Waals surface area (Å²) in [6, 6.07) is 14.0. The van der Waals surface area contributed by atoms with Crippen LogP contribution in [-0.4, -0.2) is 40.4 Å². The van der Waals surface area contributed by atoms with Gasteiger partial charge in [0.05, 0.1) is 36.7 Å². The molecule has 1 aromatic carbocycles. The van der Waals surface area contributed by atoms with Crippen molar-refractivity contribution >= 4 is 22.7 Å². The third-order valence-corrected chi connectivity index (χ3v) is 6.14. The van der Waals surface area contributed by atoms with E-state index in [2.05, 4.69) is 20.6 Å². The molecule has 0 fully saturated rings. The van der Waals surface area contributed by atoms with Gasteiger partial charge in [0.1, 0.15) is 5.69 Å². The Labute approximate surface area is 207 Å². The first-order chi connectivity index (χ1) is 17.3. The first kappa shape index (κ1) is 23.5. The summed E-state index contributed by atoms with van der Waals surface area (Å²) < 4.78 is 20.1. The molecule has 0 spiro atoms. The molecule has 1 aliphatic rings. The number of nitrogens with zero attached hydrogens (tertiary/aromatic N) is 3. The van der Waals surface area contributed by atoms with Crippen molar-refractivity contribution in [1.29, 1.82) is 0 Å². The highest BCUT2D eigenvalue weighted by molar-refractivity contribution is 5.94. The maximum atomic E-state index is 14.8. The molecule has 4 aromatic rings. The van der Waals surface area contributed by atoms with Crippen LogP contribution >= 0.6 is 0 Å². The molecule has 9 heteroatoms. The fraction of sp³-hybridized carbons (Fsp3) is 0.222. The number of fused-ring (bicyclic) bond motifs is 2. The van der Waals surface area contributed by atoms with Crippen LogP contribution in [0.3, 0.4) is 0 Å². The fourth-order valence-corrected chi connectivity index (χ4v) is 4.16. The van der Waals surface area contributed by atoms with Gasteiger partial charge in [-0.1, -0.05) is 6.07 Å². The minimum atomic E-state index is -1.63. The van der Waals surface area contributed by atoms with Crippen molar-refractivity contribution < 1.29 is 18.7 Å². The predicted molar refractivity (Wildman–Crippen MR) is 132 cm³/mol. The number of carbonyl (C=O) groups excluding carboxylic acids is 2. The van der Waals surface area contributed by atoms with Crippen molar-refractivity contribution in [2.75, 3.05) is 13.7 Å². The summed E-state index contributed by atoms with van der Waals surface area (Å²) in [5, 5.41) is 6.24. The molecule has 0 saturated carbocycles. The van der Waals surface area contributed by atoms with E-state index >= 15 is 0 Å². The molecule has 0 aliphatic carbocycles. The summed E-state index contributed by atoms with van der Waals surface area (Å²) in [5.41, 5.74) is 3.13. The van der Waals surface area contributed by atoms with Gasteiger partial charge in [-0.15, -0.1) is 0 Å². The molecule has 0 saturated heterocycles. The lowest BCUT2D eigenvalue weighted by Crippen LogP contribution is -2.30. The second-order valence-corrected chi connectivity index (χ2v) is 8.82. The average molecular weight is 486 g/mol. The Hall–Kier alpha value is -4.24. The summed E-state index contributed by atoms with van der Waals surface area (Å²) in [6.07, 6.45) is 3.31. The van der Waals surface area contributed by atoms with E-state index in [9.17, 15) is 14.0 Å². The molecular formula is C27H24FN5O3. The summed E-state index contributed by atoms with van der Waals surface area (Å²) >= 11 is 0. The van der Waals surface area contributed by atoms with Gasteiger partial charge in [0.15, 0.2) is 5.67 Å². The van der Waals surface area contributed by atoms with Crippen molar-refractivity contribution in [2.24, 2.45) is 0 Å². The number of aromatic nitrogens is 3. The zero-order valence-electron chi connectivity index (χ0n) is 19.8. The number of ether oxygens (including phenoxy) is 1. The predicted octanol–water partition coefficient (Wildman–Crippen LogP) is 3.70. The number of hydrogen-bond acceptors (Lipinski definition) is 6. The van der Waals surface area contributed by atoms with Crippen molar-refractivity contribution in [2.45, 2.75) is 25.7 Å². The highest BCUT2D eigenvalue weighted by Gasteiger charge is 2.33. The van der Waals surface area contributed by atoms with Gasteiger partial charge in [-0.25, -0.2) is 9.37 Å². The van der Waals surface area contributed by atoms with E-state index < -0.39 is 5.67 Å². The summed E-state index contributed by atoms with van der Waals surface area (Å²) in [7, 11) is 1.55. The maximum Gasteiger partial charge on any atom is 0.269 e. The third kappa shape index (κ3) is 4.65. The van der Waals surface area contributed by atoms with Crippen LogP contribution < -0.4 is 10.6 Å². The van der Waals surface area contributed by atoms with Crippen LogP contribution in [0.5, 0.6) is 0 Å². The second kappa shape index (κ2) is 9.43. The van der Waals surface area contributed by atoms with E-state index in [1.807, 2.05) is 18.2 Å². The van der Waals surface area contributed by atoms with Gasteiger partial charge in [-0.3, -0.25) is 19.6 Å². The zero-order valence-corrected chi connectivity index (χ0v) is 19.8. The van der Waals surface area contributed by atoms with Gasteiger partial charge < -0.3 is 15.4 Å². The lowest BCUT2D eigenvalue weighted by Gasteiger charge is -2.29. The van der Waals surface area contributed by atoms with E-state index in [-0.39, 0.29) is 25.0 Å². The normalized spacial score (nSPS) is 16.9. The Morgan fingerprint density at radius 1 is 1.06 bits per heavy atom. The molecule has 36 heavy (non-hydrogen) atoms. The quantitative estimate of drug-likeness (QED) is 0.447. The van der Waals surface area contributed by atoms with E-state index in [4.69, 9.17) is 9.72 Å². The molecule has 0 radical (unpaired) electrons. The Bertz CT molecular complexity index is 1470. The molecule has 1 atom stereocenters. The smallest absolute Gasteiger partial charge is 0.269 e. The molecule has 0 bridgehead atoms. The van der Waals surface area contributed by atoms with Crippen LogP contribution in [0, 0.1) is 0 Å². The summed E-state index contributed by atoms with van der Waals surface area (Å²) in [4.78, 5) is 37.8. The summed E-state index contributed by atoms with van der Waals surface area (Å²) in [6.45, 7) is 1.95. The van der Waals surface area contributed by atoms with Gasteiger partial charge >= 0.3 is 0 Å². The SMILES string of the molecule is CNC(=O)c1ccc(-c2ccc3cnc(CNC(=O)c4ccc5c(c4)[C@](C)(F)COC5)cc3n2)cn1. The van der Waals surface area contributed by atoms with E-state index in [1.165, 1.54) is 6.92 Å². The zero-order chi connectivity index (χ0) is 25.3. The van der Waals surface area contributed by atoms with Crippen LogP contribution in [0.1, 0.15) is 44.6 Å². The fourth-order valence-electron chi connectivity index (χ4n) is 4.16. The van der Waals surface area contributed by atoms with Gasteiger partial charge in [-0.05, 0) is 60.5 Å². The summed E-state index contributed by atoms with van der Waals surface area (Å²) in [5.74, 6) is -0.570. The largest absolute Gasteiger partial charge is 0.373 e. The Morgan fingerprint density at radius 3 is 2.69 bits per heavy atom. The molecule has 8 nitrogen and oxygen atoms in total. The minimum Gasteiger partial charge on any atom is -0.373 e. The van der Waals surface area contributed by atoms with Gasteiger partial charge in [-0.2, -0.15) is 0 Å². The minimum absolute atomic E-state index is 0.0324. The average Bonchev–Trinajstić information content (AvgIpc) is 2.90. The lowest BCUT2D eigenvalue weighted by atomic mass is 9.90. The monoisotopic (exact) mass is 485 g/mol. The molecule has 1 aliphatic heterocycles. The van der Waals surface area contributed by atoms with Gasteiger partial charge in [0, 0.05) is 36.0 Å². The van der Waals surface area contributed by atoms with Crippen molar-refractivity contribution in [3.63, 3.8) is 0 Å². The van der Waals surface area contributed by atoms with Crippen LogP contribution in [-0.2, 0) is 23.6 Å². The Kier molecular flexibility index (Phi) is 6.15. The maximum absolute atomic E-state index is 14.8. The second-order valence-electron chi connectivity index (χ2n) is 8.82. The molecule has 2 N–H and O–H groups in total. The first-order valence-corrected chi connectivity index (χ1v) is 11.5. The first-order valence-electron chi connectivity index (χ1n) is 11.5. The molecule has 0 unspecified atom stereocenters. The molecule has 5 rings (SSSR count). The number of pyridine rings is 3. The van der Waals surface area contributed by atoms with Gasteiger partial charge in [0.2, 0.25) is 0 Å². The number of benzene rings is 1. The number of hydrogen-bond donors (Lipinski definition) is 2. The van der Waals surface area contributed by atoms with E-state index in [0.717, 1.165) is 16.5 Å². The Morgan fingerprint density at radius 2 is 1.92 bits per heavy atom. The van der Waals surface area contributed by atoms with E-state index in [1.54, 1.807) is 49.8 Å². The number of carbonyl (C=O) groups is 2. The Balaban J connectivity index is 1.32. The van der Waals surface area contributed by atoms with E-state index in [0.29, 0.717) is 40.3 Å². The van der Waals surface area contributed by atoms with Crippen LogP contribution in [0.4, 0.5) is 4.39 Å². The number of nitrogens with one attached hydrogen (secondary N) is 2.